The monoisotopic (exact) mass is 351 g/mol. The van der Waals surface area contributed by atoms with Gasteiger partial charge in [0.1, 0.15) is 5.60 Å². The minimum absolute atomic E-state index is 0.0418. The van der Waals surface area contributed by atoms with Crippen molar-refractivity contribution in [1.29, 1.82) is 0 Å². The molecule has 7 nitrogen and oxygen atoms in total. The predicted molar refractivity (Wildman–Crippen MR) is 86.5 cm³/mol. The summed E-state index contributed by atoms with van der Waals surface area (Å²) in [6.07, 6.45) is 1.60. The van der Waals surface area contributed by atoms with Gasteiger partial charge in [0.2, 0.25) is 0 Å². The SMILES string of the molecule is CC(C)(C)OC(=O)N1CCC(COS(C)(=O)=O)CC1C(C)(C)O. The molecule has 0 aliphatic carbocycles. The highest BCUT2D eigenvalue weighted by molar-refractivity contribution is 7.85. The zero-order valence-corrected chi connectivity index (χ0v) is 15.6. The van der Waals surface area contributed by atoms with E-state index in [1.54, 1.807) is 34.6 Å². The Bertz CT molecular complexity index is 517. The van der Waals surface area contributed by atoms with Gasteiger partial charge < -0.3 is 14.7 Å². The normalized spacial score (nSPS) is 23.7. The number of nitrogens with zero attached hydrogens (tertiary/aromatic N) is 1. The lowest BCUT2D eigenvalue weighted by atomic mass is 9.83. The van der Waals surface area contributed by atoms with E-state index in [0.717, 1.165) is 6.26 Å². The van der Waals surface area contributed by atoms with Crippen molar-refractivity contribution < 1.29 is 27.2 Å². The topological polar surface area (TPSA) is 93.1 Å². The lowest BCUT2D eigenvalue weighted by Crippen LogP contribution is -2.57. The molecule has 0 aromatic rings. The number of ether oxygens (including phenoxy) is 1. The summed E-state index contributed by atoms with van der Waals surface area (Å²) < 4.78 is 32.5. The van der Waals surface area contributed by atoms with Crippen molar-refractivity contribution in [2.75, 3.05) is 19.4 Å². The van der Waals surface area contributed by atoms with E-state index in [1.165, 1.54) is 4.90 Å². The van der Waals surface area contributed by atoms with Gasteiger partial charge in [-0.3, -0.25) is 4.18 Å². The maximum atomic E-state index is 12.4. The first-order valence-corrected chi connectivity index (χ1v) is 9.57. The Balaban J connectivity index is 2.81. The molecule has 1 saturated heterocycles. The average Bonchev–Trinajstić information content (AvgIpc) is 2.32. The highest BCUT2D eigenvalue weighted by Crippen LogP contribution is 2.31. The van der Waals surface area contributed by atoms with Crippen LogP contribution in [-0.4, -0.2) is 61.2 Å². The summed E-state index contributed by atoms with van der Waals surface area (Å²) in [4.78, 5) is 13.9. The summed E-state index contributed by atoms with van der Waals surface area (Å²) in [5.41, 5.74) is -1.74. The molecular formula is C15H29NO6S. The predicted octanol–water partition coefficient (Wildman–Crippen LogP) is 1.75. The maximum Gasteiger partial charge on any atom is 0.410 e. The average molecular weight is 351 g/mol. The molecule has 0 spiro atoms. The maximum absolute atomic E-state index is 12.4. The molecule has 0 aromatic heterocycles. The molecule has 1 heterocycles. The number of amides is 1. The van der Waals surface area contributed by atoms with Gasteiger partial charge in [0.15, 0.2) is 0 Å². The summed E-state index contributed by atoms with van der Waals surface area (Å²) in [6, 6.07) is -0.459. The van der Waals surface area contributed by atoms with E-state index in [2.05, 4.69) is 0 Å². The summed E-state index contributed by atoms with van der Waals surface area (Å²) in [7, 11) is -3.50. The van der Waals surface area contributed by atoms with Gasteiger partial charge >= 0.3 is 6.09 Å². The first-order chi connectivity index (χ1) is 10.2. The number of carbonyl (C=O) groups excluding carboxylic acids is 1. The van der Waals surface area contributed by atoms with Crippen LogP contribution in [0.1, 0.15) is 47.5 Å². The Hall–Kier alpha value is -0.860. The Labute approximate surface area is 139 Å². The molecule has 2 unspecified atom stereocenters. The highest BCUT2D eigenvalue weighted by Gasteiger charge is 2.41. The zero-order valence-electron chi connectivity index (χ0n) is 14.8. The van der Waals surface area contributed by atoms with Crippen LogP contribution in [0.4, 0.5) is 4.79 Å². The summed E-state index contributed by atoms with van der Waals surface area (Å²) in [5.74, 6) is -0.0418. The molecule has 136 valence electrons. The molecule has 0 bridgehead atoms. The van der Waals surface area contributed by atoms with Gasteiger partial charge in [-0.2, -0.15) is 8.42 Å². The van der Waals surface area contributed by atoms with Gasteiger partial charge in [-0.1, -0.05) is 0 Å². The first-order valence-electron chi connectivity index (χ1n) is 7.75. The van der Waals surface area contributed by atoms with Gasteiger partial charge in [0, 0.05) is 6.54 Å². The smallest absolute Gasteiger partial charge is 0.410 e. The van der Waals surface area contributed by atoms with Gasteiger partial charge in [-0.05, 0) is 53.4 Å². The molecule has 1 aliphatic rings. The number of hydrogen-bond acceptors (Lipinski definition) is 6. The Morgan fingerprint density at radius 2 is 1.83 bits per heavy atom. The molecule has 0 radical (unpaired) electrons. The third kappa shape index (κ3) is 7.05. The molecule has 1 aliphatic heterocycles. The molecule has 1 rings (SSSR count). The number of piperidine rings is 1. The summed E-state index contributed by atoms with van der Waals surface area (Å²) >= 11 is 0. The van der Waals surface area contributed by atoms with Crippen LogP contribution in [0.2, 0.25) is 0 Å². The van der Waals surface area contributed by atoms with Crippen molar-refractivity contribution >= 4 is 16.2 Å². The number of rotatable bonds is 4. The lowest BCUT2D eigenvalue weighted by molar-refractivity contribution is -0.0613. The Morgan fingerprint density at radius 3 is 2.26 bits per heavy atom. The van der Waals surface area contributed by atoms with Gasteiger partial charge in [0.25, 0.3) is 10.1 Å². The Morgan fingerprint density at radius 1 is 1.26 bits per heavy atom. The lowest BCUT2D eigenvalue weighted by Gasteiger charge is -2.44. The standard InChI is InChI=1S/C15H29NO6S/c1-14(2,3)22-13(17)16-8-7-11(10-21-23(6,19)20)9-12(16)15(4,5)18/h11-12,18H,7-10H2,1-6H3. The van der Waals surface area contributed by atoms with Crippen LogP contribution in [0.5, 0.6) is 0 Å². The van der Waals surface area contributed by atoms with Crippen LogP contribution < -0.4 is 0 Å². The van der Waals surface area contributed by atoms with Crippen molar-refractivity contribution in [2.24, 2.45) is 5.92 Å². The van der Waals surface area contributed by atoms with Crippen molar-refractivity contribution in [2.45, 2.75) is 64.7 Å². The van der Waals surface area contributed by atoms with Gasteiger partial charge in [-0.15, -0.1) is 0 Å². The molecule has 1 amide bonds. The van der Waals surface area contributed by atoms with Crippen LogP contribution in [0.15, 0.2) is 0 Å². The quantitative estimate of drug-likeness (QED) is 0.776. The van der Waals surface area contributed by atoms with E-state index in [4.69, 9.17) is 8.92 Å². The van der Waals surface area contributed by atoms with Crippen molar-refractivity contribution in [3.63, 3.8) is 0 Å². The molecule has 1 N–H and O–H groups in total. The van der Waals surface area contributed by atoms with E-state index < -0.39 is 33.5 Å². The molecular weight excluding hydrogens is 322 g/mol. The van der Waals surface area contributed by atoms with Crippen molar-refractivity contribution in [1.82, 2.24) is 4.90 Å². The van der Waals surface area contributed by atoms with Gasteiger partial charge in [-0.25, -0.2) is 4.79 Å². The van der Waals surface area contributed by atoms with E-state index >= 15 is 0 Å². The first kappa shape index (κ1) is 20.2. The third-order valence-electron chi connectivity index (χ3n) is 3.67. The number of likely N-dealkylation sites (tertiary alicyclic amines) is 1. The molecule has 23 heavy (non-hydrogen) atoms. The summed E-state index contributed by atoms with van der Waals surface area (Å²) in [6.45, 7) is 9.09. The number of aliphatic hydroxyl groups is 1. The fraction of sp³-hybridized carbons (Fsp3) is 0.933. The van der Waals surface area contributed by atoms with Crippen molar-refractivity contribution in [3.05, 3.63) is 0 Å². The minimum atomic E-state index is -3.50. The molecule has 0 aromatic carbocycles. The van der Waals surface area contributed by atoms with Crippen LogP contribution in [0.25, 0.3) is 0 Å². The second-order valence-corrected chi connectivity index (χ2v) is 9.37. The van der Waals surface area contributed by atoms with E-state index in [9.17, 15) is 18.3 Å². The number of hydrogen-bond donors (Lipinski definition) is 1. The van der Waals surface area contributed by atoms with Crippen LogP contribution in [0.3, 0.4) is 0 Å². The minimum Gasteiger partial charge on any atom is -0.444 e. The van der Waals surface area contributed by atoms with E-state index in [1.807, 2.05) is 0 Å². The van der Waals surface area contributed by atoms with Crippen LogP contribution >= 0.6 is 0 Å². The van der Waals surface area contributed by atoms with Crippen LogP contribution in [0, 0.1) is 5.92 Å². The molecule has 8 heteroatoms. The second-order valence-electron chi connectivity index (χ2n) is 7.72. The van der Waals surface area contributed by atoms with Gasteiger partial charge in [0.05, 0.1) is 24.5 Å². The zero-order chi connectivity index (χ0) is 18.1. The summed E-state index contributed by atoms with van der Waals surface area (Å²) in [5, 5.41) is 10.4. The fourth-order valence-electron chi connectivity index (χ4n) is 2.62. The fourth-order valence-corrected chi connectivity index (χ4v) is 3.06. The molecule has 0 saturated carbocycles. The molecule has 1 fully saturated rings. The third-order valence-corrected chi connectivity index (χ3v) is 4.24. The number of carbonyl (C=O) groups is 1. The van der Waals surface area contributed by atoms with Crippen molar-refractivity contribution in [3.8, 4) is 0 Å². The Kier molecular flexibility index (Phi) is 6.09. The second kappa shape index (κ2) is 6.94. The largest absolute Gasteiger partial charge is 0.444 e. The van der Waals surface area contributed by atoms with Crippen LogP contribution in [-0.2, 0) is 19.0 Å². The van der Waals surface area contributed by atoms with E-state index in [-0.39, 0.29) is 12.5 Å². The van der Waals surface area contributed by atoms with E-state index in [0.29, 0.717) is 19.4 Å². The molecule has 2 atom stereocenters. The highest BCUT2D eigenvalue weighted by atomic mass is 32.2.